The maximum absolute atomic E-state index is 13.3. The first-order valence-electron chi connectivity index (χ1n) is 14.9. The predicted molar refractivity (Wildman–Crippen MR) is 175 cm³/mol. The number of fused-ring (bicyclic) bond motifs is 4. The molecule has 0 aliphatic carbocycles. The van der Waals surface area contributed by atoms with Crippen LogP contribution in [0.2, 0.25) is 0 Å². The molecule has 2 nitrogen and oxygen atoms in total. The molecule has 0 N–H and O–H groups in total. The number of alkyl halides is 3. The lowest BCUT2D eigenvalue weighted by Gasteiger charge is -2.34. The van der Waals surface area contributed by atoms with Crippen molar-refractivity contribution in [2.45, 2.75) is 20.0 Å². The van der Waals surface area contributed by atoms with E-state index in [1.165, 1.54) is 23.3 Å². The minimum atomic E-state index is -4.41. The predicted octanol–water partition coefficient (Wildman–Crippen LogP) is 9.05. The molecule has 218 valence electrons. The largest absolute Gasteiger partial charge is 0.458 e. The summed E-state index contributed by atoms with van der Waals surface area (Å²) >= 11 is 0. The van der Waals surface area contributed by atoms with Crippen LogP contribution in [0.15, 0.2) is 121 Å². The summed E-state index contributed by atoms with van der Waals surface area (Å²) in [6, 6.07) is 38.3. The van der Waals surface area contributed by atoms with E-state index in [1.54, 1.807) is 0 Å². The van der Waals surface area contributed by atoms with Gasteiger partial charge in [0.15, 0.2) is 0 Å². The third kappa shape index (κ3) is 4.60. The van der Waals surface area contributed by atoms with E-state index in [4.69, 9.17) is 9.47 Å². The van der Waals surface area contributed by atoms with Crippen LogP contribution in [-0.2, 0) is 6.18 Å². The molecule has 0 unspecified atom stereocenters. The number of ether oxygens (including phenoxy) is 2. The van der Waals surface area contributed by atoms with Gasteiger partial charge in [0.2, 0.25) is 0 Å². The molecule has 0 amide bonds. The molecule has 2 aliphatic rings. The number of halogens is 3. The quantitative estimate of drug-likeness (QED) is 0.190. The van der Waals surface area contributed by atoms with Crippen molar-refractivity contribution < 1.29 is 22.6 Å². The Bertz CT molecular complexity index is 2010. The SMILES string of the molecule is Cc1ccccc1-c1ccc2c(c1)Oc1cc(-c3ccc(C(F)(F)F)cc3)cc3c1B2c1ccc(-c2ccccc2C)cc1O3. The highest BCUT2D eigenvalue weighted by atomic mass is 19.4. The molecule has 0 radical (unpaired) electrons. The molecule has 0 saturated carbocycles. The van der Waals surface area contributed by atoms with E-state index in [1.807, 2.05) is 36.4 Å². The summed E-state index contributed by atoms with van der Waals surface area (Å²) in [7, 11) is 0. The van der Waals surface area contributed by atoms with E-state index in [0.29, 0.717) is 22.6 Å². The van der Waals surface area contributed by atoms with Crippen molar-refractivity contribution >= 4 is 23.1 Å². The minimum Gasteiger partial charge on any atom is -0.458 e. The molecule has 0 saturated heterocycles. The van der Waals surface area contributed by atoms with Crippen molar-refractivity contribution in [2.24, 2.45) is 0 Å². The van der Waals surface area contributed by atoms with E-state index in [2.05, 4.69) is 74.5 Å². The third-order valence-electron chi connectivity index (χ3n) is 8.94. The van der Waals surface area contributed by atoms with Crippen LogP contribution in [0, 0.1) is 13.8 Å². The Balaban J connectivity index is 1.31. The summed E-state index contributed by atoms with van der Waals surface area (Å²) in [4.78, 5) is 0. The van der Waals surface area contributed by atoms with Crippen LogP contribution in [0.3, 0.4) is 0 Å². The van der Waals surface area contributed by atoms with Gasteiger partial charge in [0, 0.05) is 5.46 Å². The summed E-state index contributed by atoms with van der Waals surface area (Å²) in [5, 5.41) is 0. The normalized spacial score (nSPS) is 12.9. The number of aryl methyl sites for hydroxylation is 2. The van der Waals surface area contributed by atoms with Gasteiger partial charge in [-0.05, 0) is 106 Å². The van der Waals surface area contributed by atoms with E-state index in [0.717, 1.165) is 62.3 Å². The first-order chi connectivity index (χ1) is 21.7. The smallest absolute Gasteiger partial charge is 0.416 e. The molecule has 2 aliphatic heterocycles. The molecule has 6 aromatic rings. The summed E-state index contributed by atoms with van der Waals surface area (Å²) in [5.74, 6) is 2.77. The maximum Gasteiger partial charge on any atom is 0.416 e. The minimum absolute atomic E-state index is 0.138. The summed E-state index contributed by atoms with van der Waals surface area (Å²) in [6.45, 7) is 4.05. The molecule has 2 heterocycles. The van der Waals surface area contributed by atoms with Crippen LogP contribution >= 0.6 is 0 Å². The highest BCUT2D eigenvalue weighted by Crippen LogP contribution is 2.41. The second-order valence-corrected chi connectivity index (χ2v) is 11.7. The van der Waals surface area contributed by atoms with Gasteiger partial charge in [0.05, 0.1) is 5.56 Å². The van der Waals surface area contributed by atoms with Gasteiger partial charge < -0.3 is 9.47 Å². The van der Waals surface area contributed by atoms with Gasteiger partial charge in [0.1, 0.15) is 23.0 Å². The lowest BCUT2D eigenvalue weighted by atomic mass is 9.34. The first kappa shape index (κ1) is 27.3. The van der Waals surface area contributed by atoms with Crippen molar-refractivity contribution in [3.05, 3.63) is 138 Å². The summed E-state index contributed by atoms with van der Waals surface area (Å²) in [6.07, 6.45) is -4.41. The van der Waals surface area contributed by atoms with Gasteiger partial charge in [-0.25, -0.2) is 0 Å². The highest BCUT2D eigenvalue weighted by molar-refractivity contribution is 6.98. The molecule has 6 aromatic carbocycles. The Morgan fingerprint density at radius 2 is 0.933 bits per heavy atom. The Hall–Kier alpha value is -5.23. The van der Waals surface area contributed by atoms with Crippen molar-refractivity contribution in [1.82, 2.24) is 0 Å². The zero-order valence-corrected chi connectivity index (χ0v) is 24.6. The molecule has 0 fully saturated rings. The van der Waals surface area contributed by atoms with Gasteiger partial charge in [-0.2, -0.15) is 13.2 Å². The van der Waals surface area contributed by atoms with E-state index >= 15 is 0 Å². The molecular weight excluding hydrogens is 568 g/mol. The van der Waals surface area contributed by atoms with Crippen molar-refractivity contribution in [3.8, 4) is 56.4 Å². The lowest BCUT2D eigenvalue weighted by molar-refractivity contribution is -0.137. The average molecular weight is 594 g/mol. The molecule has 0 spiro atoms. The molecule has 0 atom stereocenters. The first-order valence-corrected chi connectivity index (χ1v) is 14.9. The van der Waals surface area contributed by atoms with Gasteiger partial charge >= 0.3 is 6.18 Å². The fourth-order valence-corrected chi connectivity index (χ4v) is 6.64. The highest BCUT2D eigenvalue weighted by Gasteiger charge is 2.41. The molecule has 45 heavy (non-hydrogen) atoms. The third-order valence-corrected chi connectivity index (χ3v) is 8.94. The Labute approximate surface area is 259 Å². The van der Waals surface area contributed by atoms with Crippen LogP contribution in [-0.4, -0.2) is 6.71 Å². The van der Waals surface area contributed by atoms with Crippen LogP contribution in [0.4, 0.5) is 13.2 Å². The van der Waals surface area contributed by atoms with Gasteiger partial charge in [-0.15, -0.1) is 0 Å². The van der Waals surface area contributed by atoms with E-state index in [-0.39, 0.29) is 6.71 Å². The second kappa shape index (κ2) is 10.2. The van der Waals surface area contributed by atoms with Crippen molar-refractivity contribution in [3.63, 3.8) is 0 Å². The Morgan fingerprint density at radius 1 is 0.489 bits per heavy atom. The fraction of sp³-hybridized carbons (Fsp3) is 0.0769. The van der Waals surface area contributed by atoms with Gasteiger partial charge in [-0.3, -0.25) is 0 Å². The van der Waals surface area contributed by atoms with Crippen molar-refractivity contribution in [1.29, 1.82) is 0 Å². The van der Waals surface area contributed by atoms with E-state index < -0.39 is 11.7 Å². The van der Waals surface area contributed by atoms with Crippen LogP contribution in [0.5, 0.6) is 23.0 Å². The summed E-state index contributed by atoms with van der Waals surface area (Å²) < 4.78 is 53.2. The van der Waals surface area contributed by atoms with Crippen LogP contribution < -0.4 is 25.9 Å². The molecule has 0 aromatic heterocycles. The van der Waals surface area contributed by atoms with E-state index in [9.17, 15) is 13.2 Å². The lowest BCUT2D eigenvalue weighted by Crippen LogP contribution is -2.57. The second-order valence-electron chi connectivity index (χ2n) is 11.7. The maximum atomic E-state index is 13.3. The molecule has 0 bridgehead atoms. The topological polar surface area (TPSA) is 18.5 Å². The molecule has 6 heteroatoms. The molecular formula is C39H26BF3O2. The van der Waals surface area contributed by atoms with Gasteiger partial charge in [-0.1, -0.05) is 84.9 Å². The van der Waals surface area contributed by atoms with Gasteiger partial charge in [0.25, 0.3) is 6.71 Å². The molecule has 8 rings (SSSR count). The standard InChI is InChI=1S/C39H26BF3O2/c1-23-7-3-5-9-30(23)26-13-17-32-34(19-26)44-36-21-28(25-11-15-29(16-12-25)39(41,42)43)22-37-38(36)40(32)33-18-14-27(20-35(33)45-37)31-10-6-4-8-24(31)2/h3-22H,1-2H3. The number of benzene rings is 6. The number of hydrogen-bond donors (Lipinski definition) is 0. The summed E-state index contributed by atoms with van der Waals surface area (Å²) in [5.41, 5.74) is 10.4. The average Bonchev–Trinajstić information content (AvgIpc) is 3.04. The number of hydrogen-bond acceptors (Lipinski definition) is 2. The Morgan fingerprint density at radius 3 is 1.40 bits per heavy atom. The Kier molecular flexibility index (Phi) is 6.17. The van der Waals surface area contributed by atoms with Crippen LogP contribution in [0.25, 0.3) is 33.4 Å². The zero-order valence-electron chi connectivity index (χ0n) is 24.6. The fourth-order valence-electron chi connectivity index (χ4n) is 6.64. The van der Waals surface area contributed by atoms with Crippen LogP contribution in [0.1, 0.15) is 16.7 Å². The monoisotopic (exact) mass is 594 g/mol. The number of rotatable bonds is 3. The zero-order chi connectivity index (χ0) is 30.9. The van der Waals surface area contributed by atoms with Crippen molar-refractivity contribution in [2.75, 3.05) is 0 Å².